The van der Waals surface area contributed by atoms with E-state index < -0.39 is 0 Å². The Balaban J connectivity index is 1.42. The third-order valence-corrected chi connectivity index (χ3v) is 6.20. The molecule has 9 heteroatoms. The van der Waals surface area contributed by atoms with E-state index in [1.807, 2.05) is 73.7 Å². The van der Waals surface area contributed by atoms with Crippen LogP contribution in [-0.4, -0.2) is 27.7 Å². The number of rotatable bonds is 10. The van der Waals surface area contributed by atoms with Gasteiger partial charge in [0.15, 0.2) is 11.5 Å². The lowest BCUT2D eigenvalue weighted by molar-refractivity contribution is 0.269. The van der Waals surface area contributed by atoms with E-state index in [1.54, 1.807) is 29.0 Å². The zero-order chi connectivity index (χ0) is 23.8. The van der Waals surface area contributed by atoms with E-state index in [-0.39, 0.29) is 0 Å². The van der Waals surface area contributed by atoms with Crippen LogP contribution in [0.25, 0.3) is 0 Å². The minimum absolute atomic E-state index is 0.416. The molecule has 0 bridgehead atoms. The van der Waals surface area contributed by atoms with Crippen molar-refractivity contribution >= 4 is 41.2 Å². The fourth-order valence-electron chi connectivity index (χ4n) is 2.99. The fourth-order valence-corrected chi connectivity index (χ4v) is 4.06. The smallest absolute Gasteiger partial charge is 0.212 e. The first-order valence-corrected chi connectivity index (χ1v) is 12.3. The SMILES string of the molecule is CCOc1cc(/C=N/n2cnnc2SCc2ccc(Cl)cc2)ccc1OCc1ccc(Cl)cc1. The Morgan fingerprint density at radius 1 is 0.912 bits per heavy atom. The molecule has 0 saturated heterocycles. The number of halogens is 2. The van der Waals surface area contributed by atoms with Crippen molar-refractivity contribution < 1.29 is 9.47 Å². The van der Waals surface area contributed by atoms with Gasteiger partial charge in [-0.1, -0.05) is 59.2 Å². The molecule has 0 N–H and O–H groups in total. The fraction of sp³-hybridized carbons (Fsp3) is 0.160. The van der Waals surface area contributed by atoms with Gasteiger partial charge in [0, 0.05) is 15.8 Å². The zero-order valence-corrected chi connectivity index (χ0v) is 20.7. The van der Waals surface area contributed by atoms with Crippen LogP contribution in [0.3, 0.4) is 0 Å². The summed E-state index contributed by atoms with van der Waals surface area (Å²) in [5, 5.41) is 14.8. The van der Waals surface area contributed by atoms with Gasteiger partial charge in [0.1, 0.15) is 12.9 Å². The van der Waals surface area contributed by atoms with Gasteiger partial charge >= 0.3 is 0 Å². The summed E-state index contributed by atoms with van der Waals surface area (Å²) in [5.41, 5.74) is 3.03. The van der Waals surface area contributed by atoms with Crippen molar-refractivity contribution in [3.05, 3.63) is 99.8 Å². The summed E-state index contributed by atoms with van der Waals surface area (Å²) in [5.74, 6) is 2.05. The van der Waals surface area contributed by atoms with E-state index in [4.69, 9.17) is 32.7 Å². The first-order valence-electron chi connectivity index (χ1n) is 10.6. The molecule has 0 spiro atoms. The number of thioether (sulfide) groups is 1. The van der Waals surface area contributed by atoms with Gasteiger partial charge in [-0.05, 0) is 66.1 Å². The second-order valence-corrected chi connectivity index (χ2v) is 8.99. The topological polar surface area (TPSA) is 61.5 Å². The zero-order valence-electron chi connectivity index (χ0n) is 18.4. The maximum atomic E-state index is 5.97. The van der Waals surface area contributed by atoms with Crippen LogP contribution < -0.4 is 9.47 Å². The molecule has 34 heavy (non-hydrogen) atoms. The molecular weight excluding hydrogens is 491 g/mol. The van der Waals surface area contributed by atoms with Crippen LogP contribution in [0.4, 0.5) is 0 Å². The van der Waals surface area contributed by atoms with Crippen LogP contribution in [0.1, 0.15) is 23.6 Å². The van der Waals surface area contributed by atoms with Gasteiger partial charge in [-0.3, -0.25) is 0 Å². The quantitative estimate of drug-likeness (QED) is 0.174. The molecule has 4 rings (SSSR count). The molecule has 0 aliphatic heterocycles. The molecule has 4 aromatic rings. The molecule has 3 aromatic carbocycles. The van der Waals surface area contributed by atoms with Gasteiger partial charge < -0.3 is 9.47 Å². The van der Waals surface area contributed by atoms with E-state index >= 15 is 0 Å². The Hall–Kier alpha value is -3.00. The molecular formula is C25H22Cl2N4O2S. The summed E-state index contributed by atoms with van der Waals surface area (Å²) < 4.78 is 13.4. The Morgan fingerprint density at radius 3 is 2.32 bits per heavy atom. The predicted molar refractivity (Wildman–Crippen MR) is 137 cm³/mol. The van der Waals surface area contributed by atoms with Crippen molar-refractivity contribution in [3.63, 3.8) is 0 Å². The van der Waals surface area contributed by atoms with Gasteiger partial charge in [0.25, 0.3) is 0 Å². The lowest BCUT2D eigenvalue weighted by Gasteiger charge is -2.12. The summed E-state index contributed by atoms with van der Waals surface area (Å²) in [7, 11) is 0. The van der Waals surface area contributed by atoms with E-state index in [9.17, 15) is 0 Å². The van der Waals surface area contributed by atoms with E-state index in [2.05, 4.69) is 15.3 Å². The van der Waals surface area contributed by atoms with Crippen molar-refractivity contribution in [1.29, 1.82) is 0 Å². The standard InChI is InChI=1S/C25H22Cl2N4O2S/c1-2-32-24-13-20(7-12-23(24)33-15-18-3-8-21(26)9-4-18)14-29-31-17-28-30-25(31)34-16-19-5-10-22(27)11-6-19/h3-14,17H,2,15-16H2,1H3/b29-14+. The number of aromatic nitrogens is 3. The molecule has 0 radical (unpaired) electrons. The average molecular weight is 513 g/mol. The molecule has 0 aliphatic rings. The van der Waals surface area contributed by atoms with E-state index in [1.165, 1.54) is 0 Å². The normalized spacial score (nSPS) is 11.1. The number of ether oxygens (including phenoxy) is 2. The number of benzene rings is 3. The van der Waals surface area contributed by atoms with Gasteiger partial charge in [0.05, 0.1) is 12.8 Å². The molecule has 0 amide bonds. The van der Waals surface area contributed by atoms with Crippen LogP contribution in [0.5, 0.6) is 11.5 Å². The Bertz CT molecular complexity index is 1240. The molecule has 6 nitrogen and oxygen atoms in total. The van der Waals surface area contributed by atoms with Crippen molar-refractivity contribution in [2.45, 2.75) is 24.4 Å². The molecule has 0 saturated carbocycles. The van der Waals surface area contributed by atoms with E-state index in [0.29, 0.717) is 39.9 Å². The molecule has 0 unspecified atom stereocenters. The average Bonchev–Trinajstić information content (AvgIpc) is 3.30. The highest BCUT2D eigenvalue weighted by Crippen LogP contribution is 2.29. The van der Waals surface area contributed by atoms with Crippen molar-refractivity contribution in [3.8, 4) is 11.5 Å². The van der Waals surface area contributed by atoms with Crippen molar-refractivity contribution in [2.75, 3.05) is 6.61 Å². The van der Waals surface area contributed by atoms with Crippen LogP contribution in [0.15, 0.2) is 83.3 Å². The lowest BCUT2D eigenvalue weighted by Crippen LogP contribution is -2.00. The van der Waals surface area contributed by atoms with Gasteiger partial charge in [-0.2, -0.15) is 9.78 Å². The summed E-state index contributed by atoms with van der Waals surface area (Å²) in [6.07, 6.45) is 3.31. The third-order valence-electron chi connectivity index (χ3n) is 4.69. The second kappa shape index (κ2) is 11.9. The Labute approximate surface area is 212 Å². The van der Waals surface area contributed by atoms with Crippen molar-refractivity contribution in [1.82, 2.24) is 14.9 Å². The maximum absolute atomic E-state index is 5.97. The van der Waals surface area contributed by atoms with Crippen LogP contribution in [-0.2, 0) is 12.4 Å². The largest absolute Gasteiger partial charge is 0.490 e. The highest BCUT2D eigenvalue weighted by Gasteiger charge is 2.08. The van der Waals surface area contributed by atoms with Crippen LogP contribution in [0.2, 0.25) is 10.0 Å². The number of hydrogen-bond acceptors (Lipinski definition) is 6. The predicted octanol–water partition coefficient (Wildman–Crippen LogP) is 6.74. The Morgan fingerprint density at radius 2 is 1.62 bits per heavy atom. The first kappa shape index (κ1) is 24.1. The second-order valence-electron chi connectivity index (χ2n) is 7.17. The molecule has 1 heterocycles. The monoisotopic (exact) mass is 512 g/mol. The summed E-state index contributed by atoms with van der Waals surface area (Å²) in [6.45, 7) is 2.87. The van der Waals surface area contributed by atoms with Crippen LogP contribution >= 0.6 is 35.0 Å². The van der Waals surface area contributed by atoms with Gasteiger partial charge in [-0.15, -0.1) is 10.2 Å². The summed E-state index contributed by atoms with van der Waals surface area (Å²) in [6, 6.07) is 21.0. The minimum atomic E-state index is 0.416. The first-order chi connectivity index (χ1) is 16.6. The minimum Gasteiger partial charge on any atom is -0.490 e. The number of nitrogens with zero attached hydrogens (tertiary/aromatic N) is 4. The van der Waals surface area contributed by atoms with Crippen LogP contribution in [0, 0.1) is 0 Å². The molecule has 174 valence electrons. The summed E-state index contributed by atoms with van der Waals surface area (Å²) in [4.78, 5) is 0. The maximum Gasteiger partial charge on any atom is 0.212 e. The molecule has 0 fully saturated rings. The Kier molecular flexibility index (Phi) is 8.46. The highest BCUT2D eigenvalue weighted by molar-refractivity contribution is 7.98. The molecule has 0 aliphatic carbocycles. The molecule has 0 atom stereocenters. The van der Waals surface area contributed by atoms with Gasteiger partial charge in [-0.25, -0.2) is 0 Å². The van der Waals surface area contributed by atoms with Crippen molar-refractivity contribution in [2.24, 2.45) is 5.10 Å². The highest BCUT2D eigenvalue weighted by atomic mass is 35.5. The van der Waals surface area contributed by atoms with E-state index in [0.717, 1.165) is 22.4 Å². The number of hydrogen-bond donors (Lipinski definition) is 0. The summed E-state index contributed by atoms with van der Waals surface area (Å²) >= 11 is 13.5. The van der Waals surface area contributed by atoms with Gasteiger partial charge in [0.2, 0.25) is 5.16 Å². The lowest BCUT2D eigenvalue weighted by atomic mass is 10.2. The molecule has 1 aromatic heterocycles. The third kappa shape index (κ3) is 6.76.